The molecule has 0 saturated heterocycles. The SMILES string of the molecule is CC(C)(O)C(C)(I)OSc1ccc2c(-c3ccc4c(c3)oc3ccc5oc6ccccc6c5c34)cccc2c1. The Bertz CT molecular complexity index is 2040. The largest absolute Gasteiger partial charge is 0.456 e. The summed E-state index contributed by atoms with van der Waals surface area (Å²) in [6, 6.07) is 31.3. The van der Waals surface area contributed by atoms with Gasteiger partial charge in [-0.15, -0.1) is 0 Å². The van der Waals surface area contributed by atoms with Crippen LogP contribution >= 0.6 is 34.6 Å². The van der Waals surface area contributed by atoms with Crippen LogP contribution in [0.1, 0.15) is 20.8 Å². The van der Waals surface area contributed by atoms with Gasteiger partial charge in [0.05, 0.1) is 5.60 Å². The third-order valence-electron chi connectivity index (χ3n) is 7.53. The summed E-state index contributed by atoms with van der Waals surface area (Å²) in [6.45, 7) is 5.39. The molecular weight excluding hydrogens is 619 g/mol. The monoisotopic (exact) mass is 644 g/mol. The molecule has 194 valence electrons. The quantitative estimate of drug-likeness (QED) is 0.115. The molecular formula is C33H25IO4S. The van der Waals surface area contributed by atoms with Gasteiger partial charge in [0.15, 0.2) is 3.61 Å². The lowest BCUT2D eigenvalue weighted by Gasteiger charge is -2.33. The molecule has 0 aliphatic carbocycles. The molecule has 0 saturated carbocycles. The zero-order valence-corrected chi connectivity index (χ0v) is 24.6. The summed E-state index contributed by atoms with van der Waals surface area (Å²) in [4.78, 5) is 0.982. The Morgan fingerprint density at radius 2 is 1.38 bits per heavy atom. The molecule has 7 aromatic rings. The molecule has 0 aliphatic rings. The van der Waals surface area contributed by atoms with Crippen LogP contribution in [0.5, 0.6) is 0 Å². The Labute approximate surface area is 243 Å². The second-order valence-corrected chi connectivity index (χ2v) is 13.4. The number of aliphatic hydroxyl groups is 1. The van der Waals surface area contributed by atoms with Gasteiger partial charge in [-0.2, -0.15) is 0 Å². The van der Waals surface area contributed by atoms with E-state index in [2.05, 4.69) is 83.3 Å². The number of hydrogen-bond acceptors (Lipinski definition) is 5. The molecule has 7 rings (SSSR count). The van der Waals surface area contributed by atoms with Crippen LogP contribution in [0, 0.1) is 0 Å². The van der Waals surface area contributed by atoms with Crippen molar-refractivity contribution in [1.82, 2.24) is 0 Å². The van der Waals surface area contributed by atoms with Crippen LogP contribution in [-0.4, -0.2) is 14.3 Å². The van der Waals surface area contributed by atoms with Gasteiger partial charge in [-0.25, -0.2) is 0 Å². The minimum Gasteiger partial charge on any atom is -0.456 e. The third kappa shape index (κ3) is 4.12. The number of furan rings is 2. The molecule has 0 bridgehead atoms. The van der Waals surface area contributed by atoms with Crippen molar-refractivity contribution >= 4 is 89.3 Å². The van der Waals surface area contributed by atoms with Crippen molar-refractivity contribution < 1.29 is 18.1 Å². The topological polar surface area (TPSA) is 55.7 Å². The highest BCUT2D eigenvalue weighted by atomic mass is 127. The number of fused-ring (bicyclic) bond motifs is 8. The van der Waals surface area contributed by atoms with Gasteiger partial charge in [-0.1, -0.05) is 48.5 Å². The van der Waals surface area contributed by atoms with Crippen LogP contribution in [0.3, 0.4) is 0 Å². The molecule has 0 radical (unpaired) electrons. The number of hydrogen-bond donors (Lipinski definition) is 1. The Morgan fingerprint density at radius 1 is 0.692 bits per heavy atom. The second-order valence-electron chi connectivity index (χ2n) is 10.6. The number of alkyl halides is 1. The third-order valence-corrected chi connectivity index (χ3v) is 10.2. The van der Waals surface area contributed by atoms with Gasteiger partial charge in [-0.05, 0) is 108 Å². The molecule has 0 spiro atoms. The normalized spacial score (nSPS) is 14.2. The van der Waals surface area contributed by atoms with E-state index in [0.29, 0.717) is 0 Å². The van der Waals surface area contributed by atoms with E-state index >= 15 is 0 Å². The van der Waals surface area contributed by atoms with Crippen LogP contribution in [0.2, 0.25) is 0 Å². The van der Waals surface area contributed by atoms with Crippen molar-refractivity contribution in [1.29, 1.82) is 0 Å². The minimum absolute atomic E-state index is 0.734. The summed E-state index contributed by atoms with van der Waals surface area (Å²) in [6.07, 6.45) is 0. The van der Waals surface area contributed by atoms with Crippen LogP contribution in [-0.2, 0) is 4.18 Å². The van der Waals surface area contributed by atoms with Crippen LogP contribution in [0.15, 0.2) is 105 Å². The zero-order chi connectivity index (χ0) is 26.9. The van der Waals surface area contributed by atoms with Crippen molar-refractivity contribution in [3.8, 4) is 11.1 Å². The van der Waals surface area contributed by atoms with E-state index in [1.54, 1.807) is 13.8 Å². The average Bonchev–Trinajstić information content (AvgIpc) is 3.48. The predicted molar refractivity (Wildman–Crippen MR) is 170 cm³/mol. The average molecular weight is 645 g/mol. The van der Waals surface area contributed by atoms with Crippen molar-refractivity contribution in [3.63, 3.8) is 0 Å². The molecule has 4 nitrogen and oxygen atoms in total. The first-order valence-electron chi connectivity index (χ1n) is 12.8. The summed E-state index contributed by atoms with van der Waals surface area (Å²) < 4.78 is 17.8. The van der Waals surface area contributed by atoms with Crippen LogP contribution in [0.25, 0.3) is 65.8 Å². The molecule has 1 N–H and O–H groups in total. The van der Waals surface area contributed by atoms with Crippen molar-refractivity contribution in [2.45, 2.75) is 34.9 Å². The Balaban J connectivity index is 1.30. The highest BCUT2D eigenvalue weighted by molar-refractivity contribution is 14.1. The van der Waals surface area contributed by atoms with Gasteiger partial charge in [0.1, 0.15) is 22.3 Å². The van der Waals surface area contributed by atoms with Crippen molar-refractivity contribution in [2.75, 3.05) is 0 Å². The molecule has 2 aromatic heterocycles. The second kappa shape index (κ2) is 8.99. The standard InChI is InChI=1S/C33H25IO4S/c1-32(2,35)33(3,34)38-39-21-12-14-23-19(17-21)7-6-9-22(23)20-11-13-25-29(18-20)37-28-16-15-27-30(31(25)28)24-8-4-5-10-26(24)36-27/h4-18,35H,1-3H3. The molecule has 2 heterocycles. The van der Waals surface area contributed by atoms with Gasteiger partial charge in [-0.3, -0.25) is 4.18 Å². The lowest BCUT2D eigenvalue weighted by atomic mass is 9.97. The number of rotatable bonds is 5. The lowest BCUT2D eigenvalue weighted by molar-refractivity contribution is -0.0259. The molecule has 1 unspecified atom stereocenters. The Kier molecular flexibility index (Phi) is 5.76. The number of para-hydroxylation sites is 1. The number of benzene rings is 5. The van der Waals surface area contributed by atoms with Gasteiger partial charge in [0.25, 0.3) is 0 Å². The first-order valence-corrected chi connectivity index (χ1v) is 14.6. The fraction of sp³-hybridized carbons (Fsp3) is 0.152. The van der Waals surface area contributed by atoms with E-state index in [0.717, 1.165) is 70.7 Å². The lowest BCUT2D eigenvalue weighted by Crippen LogP contribution is -2.43. The highest BCUT2D eigenvalue weighted by Crippen LogP contribution is 2.42. The molecule has 6 heteroatoms. The summed E-state index contributed by atoms with van der Waals surface area (Å²) in [7, 11) is 0. The van der Waals surface area contributed by atoms with Gasteiger partial charge in [0.2, 0.25) is 0 Å². The number of halogens is 1. The fourth-order valence-electron chi connectivity index (χ4n) is 5.04. The van der Waals surface area contributed by atoms with Gasteiger partial charge < -0.3 is 13.9 Å². The molecule has 39 heavy (non-hydrogen) atoms. The maximum atomic E-state index is 10.4. The maximum Gasteiger partial charge on any atom is 0.159 e. The first-order chi connectivity index (χ1) is 18.7. The minimum atomic E-state index is -0.976. The highest BCUT2D eigenvalue weighted by Gasteiger charge is 2.39. The predicted octanol–water partition coefficient (Wildman–Crippen LogP) is 10.3. The van der Waals surface area contributed by atoms with E-state index in [-0.39, 0.29) is 0 Å². The van der Waals surface area contributed by atoms with E-state index in [4.69, 9.17) is 13.0 Å². The molecule has 5 aromatic carbocycles. The summed E-state index contributed by atoms with van der Waals surface area (Å²) >= 11 is 3.44. The van der Waals surface area contributed by atoms with Crippen LogP contribution in [0.4, 0.5) is 0 Å². The molecule has 0 fully saturated rings. The maximum absolute atomic E-state index is 10.4. The van der Waals surface area contributed by atoms with E-state index in [1.165, 1.54) is 12.0 Å². The Morgan fingerprint density at radius 3 is 2.15 bits per heavy atom. The first kappa shape index (κ1) is 25.0. The molecule has 0 amide bonds. The Hall–Kier alpha value is -3.04. The summed E-state index contributed by atoms with van der Waals surface area (Å²) in [5, 5.41) is 17.0. The van der Waals surface area contributed by atoms with Gasteiger partial charge >= 0.3 is 0 Å². The zero-order valence-electron chi connectivity index (χ0n) is 21.6. The van der Waals surface area contributed by atoms with Gasteiger partial charge in [0, 0.05) is 38.5 Å². The van der Waals surface area contributed by atoms with E-state index in [1.807, 2.05) is 37.3 Å². The fourth-order valence-corrected chi connectivity index (χ4v) is 6.07. The molecule has 1 atom stereocenters. The van der Waals surface area contributed by atoms with Crippen molar-refractivity contribution in [3.05, 3.63) is 91.0 Å². The van der Waals surface area contributed by atoms with Crippen LogP contribution < -0.4 is 0 Å². The van der Waals surface area contributed by atoms with E-state index in [9.17, 15) is 5.11 Å². The summed E-state index contributed by atoms with van der Waals surface area (Å²) in [5.74, 6) is 0. The van der Waals surface area contributed by atoms with Crippen molar-refractivity contribution in [2.24, 2.45) is 0 Å². The molecule has 0 aliphatic heterocycles. The summed E-state index contributed by atoms with van der Waals surface area (Å²) in [5.41, 5.74) is 4.72. The van der Waals surface area contributed by atoms with E-state index < -0.39 is 9.21 Å². The smallest absolute Gasteiger partial charge is 0.159 e.